The van der Waals surface area contributed by atoms with E-state index in [1.807, 2.05) is 18.2 Å². The molecule has 7 heteroatoms. The molecule has 0 amide bonds. The maximum atomic E-state index is 11.5. The molecule has 1 aromatic heterocycles. The summed E-state index contributed by atoms with van der Waals surface area (Å²) >= 11 is 1.55. The van der Waals surface area contributed by atoms with Crippen LogP contribution in [-0.4, -0.2) is 33.3 Å². The van der Waals surface area contributed by atoms with Crippen LogP contribution in [0.25, 0.3) is 0 Å². The van der Waals surface area contributed by atoms with Crippen LogP contribution in [0.5, 0.6) is 0 Å². The first kappa shape index (κ1) is 15.5. The number of hydrogen-bond acceptors (Lipinski definition) is 6. The van der Waals surface area contributed by atoms with Crippen molar-refractivity contribution in [3.8, 4) is 0 Å². The van der Waals surface area contributed by atoms with Crippen LogP contribution in [0.3, 0.4) is 0 Å². The van der Waals surface area contributed by atoms with Crippen LogP contribution >= 0.6 is 11.8 Å². The molecule has 0 spiro atoms. The third kappa shape index (κ3) is 4.29. The van der Waals surface area contributed by atoms with Crippen LogP contribution in [0.15, 0.2) is 29.4 Å². The predicted molar refractivity (Wildman–Crippen MR) is 80.0 cm³/mol. The van der Waals surface area contributed by atoms with E-state index in [9.17, 15) is 4.79 Å². The molecule has 0 aliphatic heterocycles. The number of benzene rings is 1. The molecule has 0 aliphatic rings. The van der Waals surface area contributed by atoms with Crippen molar-refractivity contribution in [3.63, 3.8) is 0 Å². The number of nitrogens with zero attached hydrogens (tertiary/aromatic N) is 4. The lowest BCUT2D eigenvalue weighted by Crippen LogP contribution is -2.07. The van der Waals surface area contributed by atoms with E-state index < -0.39 is 0 Å². The van der Waals surface area contributed by atoms with Gasteiger partial charge in [-0.1, -0.05) is 37.7 Å². The van der Waals surface area contributed by atoms with E-state index in [1.165, 1.54) is 7.11 Å². The third-order valence-electron chi connectivity index (χ3n) is 2.75. The van der Waals surface area contributed by atoms with E-state index in [-0.39, 0.29) is 5.97 Å². The van der Waals surface area contributed by atoms with Gasteiger partial charge in [0.15, 0.2) is 0 Å². The zero-order valence-corrected chi connectivity index (χ0v) is 13.1. The first-order valence-corrected chi connectivity index (χ1v) is 7.65. The molecule has 0 aliphatic carbocycles. The van der Waals surface area contributed by atoms with Crippen molar-refractivity contribution in [2.75, 3.05) is 7.11 Å². The van der Waals surface area contributed by atoms with Crippen molar-refractivity contribution in [2.45, 2.75) is 31.3 Å². The molecule has 1 aromatic carbocycles. The molecule has 6 nitrogen and oxygen atoms in total. The maximum Gasteiger partial charge on any atom is 0.337 e. The first-order chi connectivity index (χ1) is 10.1. The Balaban J connectivity index is 2.03. The summed E-state index contributed by atoms with van der Waals surface area (Å²) in [5, 5.41) is 12.5. The second-order valence-electron chi connectivity index (χ2n) is 5.02. The molecule has 0 radical (unpaired) electrons. The molecule has 2 rings (SSSR count). The minimum Gasteiger partial charge on any atom is -0.465 e. The number of aromatic nitrogens is 4. The van der Waals surface area contributed by atoms with Crippen LogP contribution in [-0.2, 0) is 17.0 Å². The van der Waals surface area contributed by atoms with Gasteiger partial charge in [-0.15, -0.1) is 5.10 Å². The van der Waals surface area contributed by atoms with E-state index in [1.54, 1.807) is 22.5 Å². The number of carbonyl (C=O) groups excluding carboxylic acids is 1. The molecular weight excluding hydrogens is 288 g/mol. The van der Waals surface area contributed by atoms with Gasteiger partial charge >= 0.3 is 5.97 Å². The fraction of sp³-hybridized carbons (Fsp3) is 0.429. The Bertz CT molecular complexity index is 613. The molecular formula is C14H18N4O2S. The van der Waals surface area contributed by atoms with E-state index in [0.717, 1.165) is 17.3 Å². The molecule has 0 N–H and O–H groups in total. The van der Waals surface area contributed by atoms with Gasteiger partial charge in [0.05, 0.1) is 12.7 Å². The minimum absolute atomic E-state index is 0.327. The van der Waals surface area contributed by atoms with Crippen LogP contribution < -0.4 is 0 Å². The van der Waals surface area contributed by atoms with Gasteiger partial charge < -0.3 is 4.74 Å². The van der Waals surface area contributed by atoms with Gasteiger partial charge in [-0.3, -0.25) is 0 Å². The van der Waals surface area contributed by atoms with Gasteiger partial charge in [-0.25, -0.2) is 9.48 Å². The maximum absolute atomic E-state index is 11.5. The lowest BCUT2D eigenvalue weighted by molar-refractivity contribution is 0.0600. The van der Waals surface area contributed by atoms with Crippen LogP contribution in [0, 0.1) is 5.92 Å². The Labute approximate surface area is 127 Å². The van der Waals surface area contributed by atoms with Gasteiger partial charge in [0, 0.05) is 12.3 Å². The second-order valence-corrected chi connectivity index (χ2v) is 5.96. The summed E-state index contributed by atoms with van der Waals surface area (Å²) in [7, 11) is 1.38. The lowest BCUT2D eigenvalue weighted by atomic mass is 10.1. The summed E-state index contributed by atoms with van der Waals surface area (Å²) in [6, 6.07) is 7.38. The van der Waals surface area contributed by atoms with Crippen molar-refractivity contribution >= 4 is 17.7 Å². The number of thioether (sulfide) groups is 1. The van der Waals surface area contributed by atoms with Gasteiger partial charge in [-0.2, -0.15) is 0 Å². The summed E-state index contributed by atoms with van der Waals surface area (Å²) in [6.45, 7) is 5.03. The van der Waals surface area contributed by atoms with Crippen molar-refractivity contribution in [2.24, 2.45) is 5.92 Å². The Morgan fingerprint density at radius 1 is 1.43 bits per heavy atom. The molecule has 0 atom stereocenters. The number of esters is 1. The molecule has 0 saturated carbocycles. The number of rotatable bonds is 6. The lowest BCUT2D eigenvalue weighted by Gasteiger charge is -2.07. The van der Waals surface area contributed by atoms with Gasteiger partial charge in [-0.05, 0) is 34.0 Å². The normalized spacial score (nSPS) is 10.9. The highest BCUT2D eigenvalue weighted by Gasteiger charge is 2.10. The Morgan fingerprint density at radius 3 is 2.95 bits per heavy atom. The zero-order valence-electron chi connectivity index (χ0n) is 12.3. The summed E-state index contributed by atoms with van der Waals surface area (Å²) < 4.78 is 6.53. The summed E-state index contributed by atoms with van der Waals surface area (Å²) in [5.41, 5.74) is 1.58. The molecule has 112 valence electrons. The Hall–Kier alpha value is -1.89. The van der Waals surface area contributed by atoms with Crippen molar-refractivity contribution in [1.82, 2.24) is 20.2 Å². The summed E-state index contributed by atoms with van der Waals surface area (Å²) in [6.07, 6.45) is 0. The van der Waals surface area contributed by atoms with Crippen LogP contribution in [0.1, 0.15) is 29.8 Å². The van der Waals surface area contributed by atoms with Crippen LogP contribution in [0.4, 0.5) is 0 Å². The summed E-state index contributed by atoms with van der Waals surface area (Å²) in [4.78, 5) is 11.5. The fourth-order valence-corrected chi connectivity index (χ4v) is 2.64. The number of hydrogen-bond donors (Lipinski definition) is 0. The minimum atomic E-state index is -0.327. The highest BCUT2D eigenvalue weighted by molar-refractivity contribution is 7.98. The number of ether oxygens (including phenoxy) is 1. The van der Waals surface area contributed by atoms with Crippen molar-refractivity contribution < 1.29 is 9.53 Å². The zero-order chi connectivity index (χ0) is 15.2. The third-order valence-corrected chi connectivity index (χ3v) is 3.78. The van der Waals surface area contributed by atoms with E-state index in [4.69, 9.17) is 4.74 Å². The number of carbonyl (C=O) groups is 1. The molecule has 0 unspecified atom stereocenters. The predicted octanol–water partition coefficient (Wildman–Crippen LogP) is 2.41. The quantitative estimate of drug-likeness (QED) is 0.603. The van der Waals surface area contributed by atoms with Crippen molar-refractivity contribution in [1.29, 1.82) is 0 Å². The van der Waals surface area contributed by atoms with E-state index in [0.29, 0.717) is 17.2 Å². The monoisotopic (exact) mass is 306 g/mol. The molecule has 0 saturated heterocycles. The van der Waals surface area contributed by atoms with Gasteiger partial charge in [0.2, 0.25) is 5.16 Å². The standard InChI is InChI=1S/C14H18N4O2S/c1-10(2)8-18-14(15-16-17-18)21-9-11-5-4-6-12(7-11)13(19)20-3/h4-7,10H,8-9H2,1-3H3. The van der Waals surface area contributed by atoms with Gasteiger partial charge in [0.1, 0.15) is 0 Å². The van der Waals surface area contributed by atoms with Crippen LogP contribution in [0.2, 0.25) is 0 Å². The molecule has 1 heterocycles. The first-order valence-electron chi connectivity index (χ1n) is 6.66. The topological polar surface area (TPSA) is 69.9 Å². The highest BCUT2D eigenvalue weighted by atomic mass is 32.2. The smallest absolute Gasteiger partial charge is 0.337 e. The van der Waals surface area contributed by atoms with Crippen molar-refractivity contribution in [3.05, 3.63) is 35.4 Å². The molecule has 0 fully saturated rings. The largest absolute Gasteiger partial charge is 0.465 e. The van der Waals surface area contributed by atoms with Gasteiger partial charge in [0.25, 0.3) is 0 Å². The summed E-state index contributed by atoms with van der Waals surface area (Å²) in [5.74, 6) is 0.852. The average molecular weight is 306 g/mol. The molecule has 2 aromatic rings. The van der Waals surface area contributed by atoms with E-state index in [2.05, 4.69) is 29.4 Å². The van der Waals surface area contributed by atoms with E-state index >= 15 is 0 Å². The number of methoxy groups -OCH3 is 1. The fourth-order valence-electron chi connectivity index (χ4n) is 1.81. The number of tetrazole rings is 1. The molecule has 0 bridgehead atoms. The Kier molecular flexibility index (Phi) is 5.32. The molecule has 21 heavy (non-hydrogen) atoms. The second kappa shape index (κ2) is 7.21. The Morgan fingerprint density at radius 2 is 2.24 bits per heavy atom. The SMILES string of the molecule is COC(=O)c1cccc(CSc2nnnn2CC(C)C)c1. The average Bonchev–Trinajstić information content (AvgIpc) is 2.91. The highest BCUT2D eigenvalue weighted by Crippen LogP contribution is 2.21.